The van der Waals surface area contributed by atoms with E-state index in [1.807, 2.05) is 0 Å². The molecule has 0 aliphatic rings. The minimum absolute atomic E-state index is 0.0823. The third-order valence-electron chi connectivity index (χ3n) is 1.93. The third kappa shape index (κ3) is 2.19. The van der Waals surface area contributed by atoms with Gasteiger partial charge in [0.1, 0.15) is 5.75 Å². The van der Waals surface area contributed by atoms with Crippen LogP contribution in [-0.2, 0) is 15.6 Å². The molecule has 84 valence electrons. The lowest BCUT2D eigenvalue weighted by atomic mass is 10.4. The van der Waals surface area contributed by atoms with Gasteiger partial charge in [0.2, 0.25) is 5.69 Å². The zero-order chi connectivity index (χ0) is 11.6. The maximum Gasteiger partial charge on any atom is 0.233 e. The molecule has 7 heteroatoms. The Morgan fingerprint density at radius 3 is 2.56 bits per heavy atom. The maximum atomic E-state index is 11.8. The summed E-state index contributed by atoms with van der Waals surface area (Å²) in [5.41, 5.74) is 0.0823. The Labute approximate surface area is 91.6 Å². The van der Waals surface area contributed by atoms with Crippen LogP contribution >= 0.6 is 0 Å². The molecule has 0 aliphatic carbocycles. The molecule has 1 aromatic carbocycles. The van der Waals surface area contributed by atoms with Gasteiger partial charge in [-0.25, -0.2) is 8.42 Å². The Hall–Kier alpha value is -1.89. The van der Waals surface area contributed by atoms with Crippen molar-refractivity contribution in [3.63, 3.8) is 0 Å². The highest BCUT2D eigenvalue weighted by molar-refractivity contribution is 7.90. The summed E-state index contributed by atoms with van der Waals surface area (Å²) < 4.78 is 27.8. The van der Waals surface area contributed by atoms with Crippen LogP contribution in [0.4, 0.5) is 0 Å². The lowest BCUT2D eigenvalue weighted by molar-refractivity contribution is -0.802. The van der Waals surface area contributed by atoms with E-state index in [0.29, 0.717) is 0 Å². The van der Waals surface area contributed by atoms with Crippen molar-refractivity contribution < 1.29 is 17.9 Å². The molecule has 0 bridgehead atoms. The van der Waals surface area contributed by atoms with Gasteiger partial charge >= 0.3 is 0 Å². The van der Waals surface area contributed by atoms with Gasteiger partial charge < -0.3 is 5.21 Å². The van der Waals surface area contributed by atoms with Gasteiger partial charge in [-0.1, -0.05) is 18.2 Å². The normalized spacial score (nSPS) is 11.5. The summed E-state index contributed by atoms with van der Waals surface area (Å²) in [4.78, 5) is 0.297. The van der Waals surface area contributed by atoms with Crippen LogP contribution in [0.15, 0.2) is 46.1 Å². The SMILES string of the molecule is O=S(=O)(Cc1c[n+]([O-])on1)c1ccccc1. The molecule has 1 heterocycles. The molecule has 1 aromatic heterocycles. The van der Waals surface area contributed by atoms with Crippen molar-refractivity contribution in [2.45, 2.75) is 10.6 Å². The van der Waals surface area contributed by atoms with Gasteiger partial charge in [0.25, 0.3) is 0 Å². The van der Waals surface area contributed by atoms with Gasteiger partial charge in [-0.05, 0) is 17.0 Å². The lowest BCUT2D eigenvalue weighted by Crippen LogP contribution is -2.20. The zero-order valence-electron chi connectivity index (χ0n) is 8.11. The molecule has 2 aromatic rings. The van der Waals surface area contributed by atoms with Crippen molar-refractivity contribution in [1.29, 1.82) is 0 Å². The van der Waals surface area contributed by atoms with Gasteiger partial charge in [-0.2, -0.15) is 0 Å². The van der Waals surface area contributed by atoms with E-state index in [2.05, 4.69) is 9.79 Å². The standard InChI is InChI=1S/C9H8N2O4S/c12-11-6-8(10-15-11)7-16(13,14)9-4-2-1-3-5-9/h1-6H,7H2. The first-order chi connectivity index (χ1) is 7.58. The van der Waals surface area contributed by atoms with Crippen LogP contribution in [0.5, 0.6) is 0 Å². The summed E-state index contributed by atoms with van der Waals surface area (Å²) in [5.74, 6) is -0.351. The highest BCUT2D eigenvalue weighted by atomic mass is 32.2. The molecule has 0 aliphatic heterocycles. The van der Waals surface area contributed by atoms with E-state index >= 15 is 0 Å². The molecule has 0 saturated heterocycles. The van der Waals surface area contributed by atoms with Gasteiger partial charge in [-0.15, -0.1) is 0 Å². The van der Waals surface area contributed by atoms with Crippen LogP contribution in [-0.4, -0.2) is 13.6 Å². The lowest BCUT2D eigenvalue weighted by Gasteiger charge is -1.98. The van der Waals surface area contributed by atoms with Gasteiger partial charge in [0.15, 0.2) is 16.0 Å². The molecule has 2 rings (SSSR count). The van der Waals surface area contributed by atoms with Crippen molar-refractivity contribution in [3.8, 4) is 0 Å². The Morgan fingerprint density at radius 2 is 2.00 bits per heavy atom. The number of nitrogens with zero attached hydrogens (tertiary/aromatic N) is 2. The predicted molar refractivity (Wildman–Crippen MR) is 52.8 cm³/mol. The summed E-state index contributed by atoms with van der Waals surface area (Å²) in [7, 11) is -3.47. The van der Waals surface area contributed by atoms with Crippen LogP contribution in [0.3, 0.4) is 0 Å². The van der Waals surface area contributed by atoms with E-state index in [4.69, 9.17) is 0 Å². The summed E-state index contributed by atoms with van der Waals surface area (Å²) >= 11 is 0. The zero-order valence-corrected chi connectivity index (χ0v) is 8.92. The highest BCUT2D eigenvalue weighted by Crippen LogP contribution is 2.13. The van der Waals surface area contributed by atoms with Crippen LogP contribution in [0.25, 0.3) is 0 Å². The quantitative estimate of drug-likeness (QED) is 0.719. The van der Waals surface area contributed by atoms with E-state index in [0.717, 1.165) is 6.20 Å². The molecular formula is C9H8N2O4S. The molecule has 0 saturated carbocycles. The summed E-state index contributed by atoms with van der Waals surface area (Å²) in [6.45, 7) is 0. The van der Waals surface area contributed by atoms with E-state index in [9.17, 15) is 13.6 Å². The Balaban J connectivity index is 2.28. The molecule has 0 spiro atoms. The van der Waals surface area contributed by atoms with Crippen molar-refractivity contribution in [2.75, 3.05) is 0 Å². The topological polar surface area (TPSA) is 87.1 Å². The average Bonchev–Trinajstić information content (AvgIpc) is 2.64. The fourth-order valence-electron chi connectivity index (χ4n) is 1.23. The molecule has 0 radical (unpaired) electrons. The third-order valence-corrected chi connectivity index (χ3v) is 3.60. The van der Waals surface area contributed by atoms with Crippen LogP contribution < -0.4 is 4.90 Å². The minimum Gasteiger partial charge on any atom is -0.360 e. The summed E-state index contributed by atoms with van der Waals surface area (Å²) in [6.07, 6.45) is 0.987. The first-order valence-corrected chi connectivity index (χ1v) is 6.06. The molecule has 0 amide bonds. The molecular weight excluding hydrogens is 232 g/mol. The largest absolute Gasteiger partial charge is 0.360 e. The fourth-order valence-corrected chi connectivity index (χ4v) is 2.49. The van der Waals surface area contributed by atoms with Crippen molar-refractivity contribution in [3.05, 3.63) is 47.4 Å². The number of benzene rings is 1. The van der Waals surface area contributed by atoms with E-state index < -0.39 is 9.84 Å². The minimum atomic E-state index is -3.47. The van der Waals surface area contributed by atoms with Crippen molar-refractivity contribution in [2.24, 2.45) is 0 Å². The molecule has 0 unspecified atom stereocenters. The molecule has 16 heavy (non-hydrogen) atoms. The van der Waals surface area contributed by atoms with Crippen LogP contribution in [0, 0.1) is 5.21 Å². The number of sulfone groups is 1. The van der Waals surface area contributed by atoms with E-state index in [1.54, 1.807) is 18.2 Å². The molecule has 0 atom stereocenters. The van der Waals surface area contributed by atoms with Crippen LogP contribution in [0.1, 0.15) is 5.69 Å². The number of aromatic nitrogens is 2. The Bertz CT molecular complexity index is 577. The van der Waals surface area contributed by atoms with Crippen LogP contribution in [0.2, 0.25) is 0 Å². The Kier molecular flexibility index (Phi) is 2.61. The number of hydrogen-bond acceptors (Lipinski definition) is 5. The monoisotopic (exact) mass is 240 g/mol. The van der Waals surface area contributed by atoms with E-state index in [-0.39, 0.29) is 21.2 Å². The second-order valence-corrected chi connectivity index (χ2v) is 5.14. The highest BCUT2D eigenvalue weighted by Gasteiger charge is 2.20. The second kappa shape index (κ2) is 3.93. The Morgan fingerprint density at radius 1 is 1.31 bits per heavy atom. The molecule has 0 fully saturated rings. The predicted octanol–water partition coefficient (Wildman–Crippen LogP) is 0.282. The second-order valence-electron chi connectivity index (χ2n) is 3.15. The first kappa shape index (κ1) is 10.6. The van der Waals surface area contributed by atoms with Gasteiger partial charge in [-0.3, -0.25) is 4.63 Å². The summed E-state index contributed by atoms with van der Waals surface area (Å²) in [6, 6.07) is 7.95. The summed E-state index contributed by atoms with van der Waals surface area (Å²) in [5, 5.41) is 13.9. The molecule has 6 nitrogen and oxygen atoms in total. The van der Waals surface area contributed by atoms with E-state index in [1.165, 1.54) is 12.1 Å². The molecule has 0 N–H and O–H groups in total. The van der Waals surface area contributed by atoms with Gasteiger partial charge in [0, 0.05) is 5.16 Å². The van der Waals surface area contributed by atoms with Crippen molar-refractivity contribution in [1.82, 2.24) is 5.16 Å². The first-order valence-electron chi connectivity index (χ1n) is 4.41. The fraction of sp³-hybridized carbons (Fsp3) is 0.111. The average molecular weight is 240 g/mol. The maximum absolute atomic E-state index is 11.8. The smallest absolute Gasteiger partial charge is 0.233 e. The number of rotatable bonds is 3. The number of hydrogen-bond donors (Lipinski definition) is 0. The van der Waals surface area contributed by atoms with Crippen molar-refractivity contribution >= 4 is 9.84 Å². The van der Waals surface area contributed by atoms with Gasteiger partial charge in [0.05, 0.1) is 4.90 Å².